The molecule has 0 heterocycles. The van der Waals surface area contributed by atoms with Crippen LogP contribution in [0.4, 0.5) is 0 Å². The lowest BCUT2D eigenvalue weighted by molar-refractivity contribution is -0.151. The SMILES string of the molecule is CCCCCCCCCCCCC(N)(CCCCCCCCCC)C(=O)OCCCCCCCC.CCS(=O)(=O)O. The third-order valence-corrected chi connectivity index (χ3v) is 8.68. The first-order valence-electron chi connectivity index (χ1n) is 17.6. The van der Waals surface area contributed by atoms with Crippen LogP contribution in [0.15, 0.2) is 0 Å². The second-order valence-corrected chi connectivity index (χ2v) is 13.8. The molecule has 0 aromatic rings. The van der Waals surface area contributed by atoms with Crippen molar-refractivity contribution in [3.63, 3.8) is 0 Å². The highest BCUT2D eigenvalue weighted by atomic mass is 32.2. The maximum absolute atomic E-state index is 13.0. The number of hydrogen-bond acceptors (Lipinski definition) is 5. The van der Waals surface area contributed by atoms with E-state index in [0.717, 1.165) is 38.5 Å². The van der Waals surface area contributed by atoms with E-state index >= 15 is 0 Å². The standard InChI is InChI=1S/C32H65NO2.C2H6O3S/c1-4-7-10-13-16-18-19-21-23-26-29-32(33,28-25-22-20-17-14-11-8-5-2)31(34)35-30-27-24-15-12-9-6-3;1-2-6(3,4)5/h4-30,33H2,1-3H3;2H2,1H3,(H,3,4,5). The molecule has 248 valence electrons. The maximum atomic E-state index is 13.0. The van der Waals surface area contributed by atoms with Crippen LogP contribution in [-0.4, -0.2) is 36.8 Å². The van der Waals surface area contributed by atoms with Crippen molar-refractivity contribution >= 4 is 16.1 Å². The summed E-state index contributed by atoms with van der Waals surface area (Å²) in [6.07, 6.45) is 32.1. The predicted octanol–water partition coefficient (Wildman–Crippen LogP) is 10.3. The van der Waals surface area contributed by atoms with Gasteiger partial charge in [-0.25, -0.2) is 0 Å². The summed E-state index contributed by atoms with van der Waals surface area (Å²) in [5, 5.41) is 0. The lowest BCUT2D eigenvalue weighted by Crippen LogP contribution is -2.49. The number of carbonyl (C=O) groups excluding carboxylic acids is 1. The Morgan fingerprint density at radius 2 is 0.829 bits per heavy atom. The minimum absolute atomic E-state index is 0.134. The fourth-order valence-corrected chi connectivity index (χ4v) is 5.02. The van der Waals surface area contributed by atoms with Gasteiger partial charge in [0.1, 0.15) is 5.54 Å². The number of nitrogens with two attached hydrogens (primary N) is 1. The largest absolute Gasteiger partial charge is 0.464 e. The van der Waals surface area contributed by atoms with Gasteiger partial charge in [0.05, 0.1) is 12.4 Å². The van der Waals surface area contributed by atoms with Gasteiger partial charge in [-0.15, -0.1) is 0 Å². The van der Waals surface area contributed by atoms with Crippen molar-refractivity contribution < 1.29 is 22.5 Å². The highest BCUT2D eigenvalue weighted by Gasteiger charge is 2.34. The summed E-state index contributed by atoms with van der Waals surface area (Å²) in [6, 6.07) is 0. The van der Waals surface area contributed by atoms with E-state index in [9.17, 15) is 13.2 Å². The zero-order valence-electron chi connectivity index (χ0n) is 27.9. The molecule has 0 rings (SSSR count). The van der Waals surface area contributed by atoms with Crippen molar-refractivity contribution in [2.75, 3.05) is 12.4 Å². The van der Waals surface area contributed by atoms with Crippen LogP contribution >= 0.6 is 0 Å². The van der Waals surface area contributed by atoms with Crippen molar-refractivity contribution in [3.8, 4) is 0 Å². The van der Waals surface area contributed by atoms with E-state index in [2.05, 4.69) is 20.8 Å². The van der Waals surface area contributed by atoms with E-state index in [-0.39, 0.29) is 11.7 Å². The van der Waals surface area contributed by atoms with Gasteiger partial charge in [-0.1, -0.05) is 168 Å². The van der Waals surface area contributed by atoms with E-state index in [1.165, 1.54) is 135 Å². The Balaban J connectivity index is 0. The molecule has 1 unspecified atom stereocenters. The first-order valence-corrected chi connectivity index (χ1v) is 19.2. The van der Waals surface area contributed by atoms with Gasteiger partial charge in [0.2, 0.25) is 0 Å². The van der Waals surface area contributed by atoms with Crippen LogP contribution in [0, 0.1) is 0 Å². The Hall–Kier alpha value is -0.660. The Labute approximate surface area is 256 Å². The Bertz CT molecular complexity index is 656. The molecule has 0 radical (unpaired) electrons. The third-order valence-electron chi connectivity index (χ3n) is 7.96. The quantitative estimate of drug-likeness (QED) is 0.0499. The van der Waals surface area contributed by atoms with Gasteiger partial charge < -0.3 is 10.5 Å². The number of carbonyl (C=O) groups is 1. The molecule has 0 saturated heterocycles. The minimum atomic E-state index is -3.66. The smallest absolute Gasteiger partial charge is 0.326 e. The molecule has 0 bridgehead atoms. The van der Waals surface area contributed by atoms with Gasteiger partial charge in [-0.3, -0.25) is 9.35 Å². The average molecular weight is 606 g/mol. The molecule has 0 aromatic heterocycles. The molecule has 0 fully saturated rings. The van der Waals surface area contributed by atoms with Crippen LogP contribution in [0.5, 0.6) is 0 Å². The van der Waals surface area contributed by atoms with Crippen LogP contribution < -0.4 is 5.73 Å². The summed E-state index contributed by atoms with van der Waals surface area (Å²) in [5.41, 5.74) is 5.96. The minimum Gasteiger partial charge on any atom is -0.464 e. The molecule has 0 amide bonds. The lowest BCUT2D eigenvalue weighted by Gasteiger charge is -2.27. The summed E-state index contributed by atoms with van der Waals surface area (Å²) in [4.78, 5) is 13.0. The highest BCUT2D eigenvalue weighted by Crippen LogP contribution is 2.23. The van der Waals surface area contributed by atoms with Gasteiger partial charge >= 0.3 is 5.97 Å². The first-order chi connectivity index (χ1) is 19.7. The molecule has 3 N–H and O–H groups in total. The second kappa shape index (κ2) is 30.8. The summed E-state index contributed by atoms with van der Waals surface area (Å²) in [5.74, 6) is -0.336. The van der Waals surface area contributed by atoms with E-state index < -0.39 is 15.7 Å². The fraction of sp³-hybridized carbons (Fsp3) is 0.971. The van der Waals surface area contributed by atoms with Gasteiger partial charge in [0, 0.05) is 0 Å². The van der Waals surface area contributed by atoms with Crippen LogP contribution in [0.3, 0.4) is 0 Å². The van der Waals surface area contributed by atoms with Crippen molar-refractivity contribution in [1.82, 2.24) is 0 Å². The van der Waals surface area contributed by atoms with E-state index in [0.29, 0.717) is 6.61 Å². The molecule has 41 heavy (non-hydrogen) atoms. The van der Waals surface area contributed by atoms with Crippen LogP contribution in [0.1, 0.15) is 195 Å². The third kappa shape index (κ3) is 32.1. The van der Waals surface area contributed by atoms with Crippen LogP contribution in [-0.2, 0) is 19.6 Å². The van der Waals surface area contributed by atoms with Crippen molar-refractivity contribution in [1.29, 1.82) is 0 Å². The number of esters is 1. The molecular weight excluding hydrogens is 534 g/mol. The summed E-state index contributed by atoms with van der Waals surface area (Å²) in [7, 11) is -3.66. The Kier molecular flexibility index (Phi) is 31.9. The first kappa shape index (κ1) is 42.5. The number of rotatable bonds is 29. The number of hydrogen-bond donors (Lipinski definition) is 2. The molecule has 0 saturated carbocycles. The molecule has 0 aliphatic heterocycles. The van der Waals surface area contributed by atoms with E-state index in [1.807, 2.05) is 0 Å². The zero-order chi connectivity index (χ0) is 31.1. The predicted molar refractivity (Wildman–Crippen MR) is 177 cm³/mol. The van der Waals surface area contributed by atoms with Crippen molar-refractivity contribution in [2.45, 2.75) is 200 Å². The van der Waals surface area contributed by atoms with Gasteiger partial charge in [0.15, 0.2) is 0 Å². The Morgan fingerprint density at radius 3 is 1.12 bits per heavy atom. The number of ether oxygens (including phenoxy) is 1. The molecule has 6 nitrogen and oxygen atoms in total. The fourth-order valence-electron chi connectivity index (χ4n) is 5.02. The Morgan fingerprint density at radius 1 is 0.561 bits per heavy atom. The lowest BCUT2D eigenvalue weighted by atomic mass is 9.87. The van der Waals surface area contributed by atoms with Crippen LogP contribution in [0.25, 0.3) is 0 Å². The number of unbranched alkanes of at least 4 members (excludes halogenated alkanes) is 21. The highest BCUT2D eigenvalue weighted by molar-refractivity contribution is 7.85. The molecule has 0 aliphatic rings. The molecule has 0 spiro atoms. The van der Waals surface area contributed by atoms with E-state index in [4.69, 9.17) is 15.0 Å². The summed E-state index contributed by atoms with van der Waals surface area (Å²) >= 11 is 0. The molecule has 0 aromatic carbocycles. The molecule has 0 aliphatic carbocycles. The molecule has 1 atom stereocenters. The molecular formula is C34H71NO5S. The normalized spacial score (nSPS) is 12.9. The van der Waals surface area contributed by atoms with E-state index in [1.54, 1.807) is 0 Å². The van der Waals surface area contributed by atoms with Gasteiger partial charge in [-0.05, 0) is 26.2 Å². The zero-order valence-corrected chi connectivity index (χ0v) is 28.7. The monoisotopic (exact) mass is 606 g/mol. The summed E-state index contributed by atoms with van der Waals surface area (Å²) in [6.45, 7) is 8.69. The van der Waals surface area contributed by atoms with Gasteiger partial charge in [-0.2, -0.15) is 8.42 Å². The van der Waals surface area contributed by atoms with Crippen molar-refractivity contribution in [2.24, 2.45) is 5.73 Å². The molecule has 7 heteroatoms. The van der Waals surface area contributed by atoms with Gasteiger partial charge in [0.25, 0.3) is 10.1 Å². The maximum Gasteiger partial charge on any atom is 0.326 e. The second-order valence-electron chi connectivity index (χ2n) is 12.1. The van der Waals surface area contributed by atoms with Crippen molar-refractivity contribution in [3.05, 3.63) is 0 Å². The van der Waals surface area contributed by atoms with Crippen LogP contribution in [0.2, 0.25) is 0 Å². The summed E-state index contributed by atoms with van der Waals surface area (Å²) < 4.78 is 32.6. The topological polar surface area (TPSA) is 107 Å². The average Bonchev–Trinajstić information content (AvgIpc) is 2.94.